The Kier molecular flexibility index (Phi) is 8.09. The summed E-state index contributed by atoms with van der Waals surface area (Å²) in [6.07, 6.45) is 6.45. The molecule has 0 saturated carbocycles. The summed E-state index contributed by atoms with van der Waals surface area (Å²) in [6.45, 7) is 1.79. The van der Waals surface area contributed by atoms with E-state index >= 15 is 0 Å². The van der Waals surface area contributed by atoms with Crippen LogP contribution in [0.2, 0.25) is 0 Å². The Balaban J connectivity index is 3.08. The molecule has 76 valence electrons. The molecule has 0 aliphatic rings. The van der Waals surface area contributed by atoms with E-state index in [0.29, 0.717) is 0 Å². The summed E-state index contributed by atoms with van der Waals surface area (Å²) in [7, 11) is -1.32. The Bertz CT molecular complexity index is 135. The number of hydrogen-bond acceptors (Lipinski definition) is 3. The zero-order chi connectivity index (χ0) is 10.1. The van der Waals surface area contributed by atoms with Gasteiger partial charge < -0.3 is 15.2 Å². The predicted molar refractivity (Wildman–Crippen MR) is 54.1 cm³/mol. The van der Waals surface area contributed by atoms with Gasteiger partial charge in [-0.2, -0.15) is 0 Å². The van der Waals surface area contributed by atoms with Gasteiger partial charge in [0.25, 0.3) is 0 Å². The van der Waals surface area contributed by atoms with Crippen LogP contribution in [0.3, 0.4) is 0 Å². The molecule has 0 radical (unpaired) electrons. The third-order valence-corrected chi connectivity index (χ3v) is 1.80. The molecule has 3 nitrogen and oxygen atoms in total. The monoisotopic (exact) mass is 186 g/mol. The smallest absolute Gasteiger partial charge is 0.424 e. The van der Waals surface area contributed by atoms with E-state index in [1.807, 2.05) is 0 Å². The van der Waals surface area contributed by atoms with Crippen LogP contribution < -0.4 is 0 Å². The molecule has 0 aromatic carbocycles. The van der Waals surface area contributed by atoms with E-state index in [1.165, 1.54) is 5.98 Å². The lowest BCUT2D eigenvalue weighted by Gasteiger charge is -2.01. The molecular weight excluding hydrogens is 167 g/mol. The highest BCUT2D eigenvalue weighted by Crippen LogP contribution is 2.05. The Labute approximate surface area is 80.2 Å². The largest absolute Gasteiger partial charge is 0.480 e. The van der Waals surface area contributed by atoms with Gasteiger partial charge in [0.2, 0.25) is 0 Å². The van der Waals surface area contributed by atoms with Crippen LogP contribution in [-0.2, 0) is 0 Å². The quantitative estimate of drug-likeness (QED) is 0.408. The predicted octanol–water partition coefficient (Wildman–Crippen LogP) is 0.886. The molecule has 0 heterocycles. The fraction of sp³-hybridized carbons (Fsp3) is 0.778. The Hall–Kier alpha value is -0.315. The highest BCUT2D eigenvalue weighted by Gasteiger charge is 1.97. The lowest BCUT2D eigenvalue weighted by atomic mass is 9.91. The topological polar surface area (TPSA) is 60.7 Å². The summed E-state index contributed by atoms with van der Waals surface area (Å²) >= 11 is 0. The van der Waals surface area contributed by atoms with Gasteiger partial charge in [-0.3, -0.25) is 0 Å². The van der Waals surface area contributed by atoms with Crippen molar-refractivity contribution in [3.05, 3.63) is 12.1 Å². The van der Waals surface area contributed by atoms with E-state index in [0.717, 1.165) is 32.1 Å². The van der Waals surface area contributed by atoms with Gasteiger partial charge in [0.05, 0.1) is 6.10 Å². The van der Waals surface area contributed by atoms with Gasteiger partial charge in [-0.15, -0.1) is 0 Å². The van der Waals surface area contributed by atoms with Crippen molar-refractivity contribution < 1.29 is 15.2 Å². The third-order valence-electron chi connectivity index (χ3n) is 1.80. The summed E-state index contributed by atoms with van der Waals surface area (Å²) < 4.78 is 0. The molecule has 0 spiro atoms. The maximum atomic E-state index is 8.95. The number of allylic oxidation sites excluding steroid dienone is 1. The Morgan fingerprint density at radius 2 is 1.92 bits per heavy atom. The van der Waals surface area contributed by atoms with E-state index in [4.69, 9.17) is 15.2 Å². The summed E-state index contributed by atoms with van der Waals surface area (Å²) in [5.74, 6) is 1.37. The normalized spacial score (nSPS) is 13.5. The summed E-state index contributed by atoms with van der Waals surface area (Å²) in [5, 5.41) is 25.9. The molecule has 0 unspecified atom stereocenters. The first-order valence-electron chi connectivity index (χ1n) is 4.84. The van der Waals surface area contributed by atoms with Gasteiger partial charge in [0.1, 0.15) is 0 Å². The lowest BCUT2D eigenvalue weighted by molar-refractivity contribution is 0.180. The van der Waals surface area contributed by atoms with Crippen LogP contribution in [0.4, 0.5) is 0 Å². The maximum Gasteiger partial charge on any atom is 0.480 e. The molecule has 0 aromatic heterocycles. The Morgan fingerprint density at radius 3 is 2.46 bits per heavy atom. The zero-order valence-electron chi connectivity index (χ0n) is 8.19. The van der Waals surface area contributed by atoms with Gasteiger partial charge in [-0.05, 0) is 26.2 Å². The average Bonchev–Trinajstić information content (AvgIpc) is 2.01. The van der Waals surface area contributed by atoms with Crippen molar-refractivity contribution >= 4 is 7.12 Å². The molecule has 0 aromatic rings. The molecule has 0 fully saturated rings. The second-order valence-electron chi connectivity index (χ2n) is 3.33. The molecule has 1 atom stereocenters. The van der Waals surface area contributed by atoms with Crippen molar-refractivity contribution in [2.75, 3.05) is 0 Å². The van der Waals surface area contributed by atoms with E-state index in [-0.39, 0.29) is 6.10 Å². The molecule has 0 aliphatic carbocycles. The third kappa shape index (κ3) is 11.7. The molecule has 0 saturated heterocycles. The van der Waals surface area contributed by atoms with Crippen molar-refractivity contribution in [1.82, 2.24) is 0 Å². The number of rotatable bonds is 7. The standard InChI is InChI=1S/C9H19BO3/c1-9(11)7-5-3-2-4-6-8-10(12)13/h6,8-9,11-13H,2-5,7H2,1H3/b8-6+/t9-/m1/s1. The molecule has 13 heavy (non-hydrogen) atoms. The Morgan fingerprint density at radius 1 is 1.23 bits per heavy atom. The fourth-order valence-electron chi connectivity index (χ4n) is 1.10. The fourth-order valence-corrected chi connectivity index (χ4v) is 1.10. The zero-order valence-corrected chi connectivity index (χ0v) is 8.19. The van der Waals surface area contributed by atoms with Crippen molar-refractivity contribution in [2.24, 2.45) is 0 Å². The number of aliphatic hydroxyl groups is 1. The molecule has 0 bridgehead atoms. The van der Waals surface area contributed by atoms with Crippen molar-refractivity contribution in [1.29, 1.82) is 0 Å². The highest BCUT2D eigenvalue weighted by molar-refractivity contribution is 6.47. The van der Waals surface area contributed by atoms with Gasteiger partial charge in [0.15, 0.2) is 0 Å². The lowest BCUT2D eigenvalue weighted by Crippen LogP contribution is -2.05. The molecule has 0 amide bonds. The SMILES string of the molecule is C[C@@H](O)CCCCC/C=C/B(O)O. The van der Waals surface area contributed by atoms with Crippen LogP contribution in [0.25, 0.3) is 0 Å². The van der Waals surface area contributed by atoms with Crippen LogP contribution in [0.5, 0.6) is 0 Å². The second-order valence-corrected chi connectivity index (χ2v) is 3.33. The number of unbranched alkanes of at least 4 members (excludes halogenated alkanes) is 3. The van der Waals surface area contributed by atoms with E-state index in [1.54, 1.807) is 13.0 Å². The molecule has 0 aliphatic heterocycles. The van der Waals surface area contributed by atoms with Crippen LogP contribution >= 0.6 is 0 Å². The van der Waals surface area contributed by atoms with Gasteiger partial charge in [-0.1, -0.05) is 24.9 Å². The number of aliphatic hydroxyl groups excluding tert-OH is 1. The maximum absolute atomic E-state index is 8.95. The van der Waals surface area contributed by atoms with Crippen LogP contribution in [0.15, 0.2) is 12.1 Å². The first kappa shape index (κ1) is 12.7. The van der Waals surface area contributed by atoms with Crippen LogP contribution in [0.1, 0.15) is 39.0 Å². The minimum absolute atomic E-state index is 0.199. The molecular formula is C9H19BO3. The average molecular weight is 186 g/mol. The minimum Gasteiger partial charge on any atom is -0.424 e. The van der Waals surface area contributed by atoms with E-state index in [9.17, 15) is 0 Å². The summed E-state index contributed by atoms with van der Waals surface area (Å²) in [4.78, 5) is 0. The van der Waals surface area contributed by atoms with Gasteiger partial charge in [0, 0.05) is 0 Å². The van der Waals surface area contributed by atoms with Crippen molar-refractivity contribution in [3.8, 4) is 0 Å². The van der Waals surface area contributed by atoms with E-state index < -0.39 is 7.12 Å². The van der Waals surface area contributed by atoms with Crippen molar-refractivity contribution in [2.45, 2.75) is 45.1 Å². The molecule has 0 rings (SSSR count). The molecule has 4 heteroatoms. The molecule has 3 N–H and O–H groups in total. The van der Waals surface area contributed by atoms with Crippen LogP contribution in [0, 0.1) is 0 Å². The second kappa shape index (κ2) is 8.29. The summed E-state index contributed by atoms with van der Waals surface area (Å²) in [6, 6.07) is 0. The first-order valence-corrected chi connectivity index (χ1v) is 4.84. The van der Waals surface area contributed by atoms with Gasteiger partial charge >= 0.3 is 7.12 Å². The first-order chi connectivity index (χ1) is 6.13. The van der Waals surface area contributed by atoms with Crippen molar-refractivity contribution in [3.63, 3.8) is 0 Å². The number of hydrogen-bond donors (Lipinski definition) is 3. The van der Waals surface area contributed by atoms with Gasteiger partial charge in [-0.25, -0.2) is 0 Å². The summed E-state index contributed by atoms with van der Waals surface area (Å²) in [5.41, 5.74) is 0. The minimum atomic E-state index is -1.32. The van der Waals surface area contributed by atoms with E-state index in [2.05, 4.69) is 0 Å². The van der Waals surface area contributed by atoms with Crippen LogP contribution in [-0.4, -0.2) is 28.4 Å². The highest BCUT2D eigenvalue weighted by atomic mass is 16.4.